The molecular formula is C20H26ClN3O5. The Hall–Kier alpha value is -2.61. The summed E-state index contributed by atoms with van der Waals surface area (Å²) in [5.74, 6) is -1.83. The van der Waals surface area contributed by atoms with Crippen LogP contribution in [0.15, 0.2) is 24.3 Å². The molecule has 8 nitrogen and oxygen atoms in total. The first-order valence-electron chi connectivity index (χ1n) is 9.74. The molecule has 2 rings (SSSR count). The third-order valence-corrected chi connectivity index (χ3v) is 4.79. The van der Waals surface area contributed by atoms with Crippen LogP contribution < -0.4 is 16.2 Å². The molecule has 0 saturated heterocycles. The van der Waals surface area contributed by atoms with Gasteiger partial charge in [0.05, 0.1) is 0 Å². The molecule has 29 heavy (non-hydrogen) atoms. The van der Waals surface area contributed by atoms with Crippen LogP contribution in [-0.4, -0.2) is 36.3 Å². The van der Waals surface area contributed by atoms with E-state index in [1.165, 1.54) is 18.6 Å². The lowest BCUT2D eigenvalue weighted by Gasteiger charge is -2.22. The van der Waals surface area contributed by atoms with E-state index in [2.05, 4.69) is 16.2 Å². The third-order valence-electron chi connectivity index (χ3n) is 4.54. The van der Waals surface area contributed by atoms with Gasteiger partial charge in [0, 0.05) is 29.5 Å². The number of hydrazine groups is 1. The fourth-order valence-electron chi connectivity index (χ4n) is 2.99. The molecule has 0 bridgehead atoms. The molecule has 0 aromatic heterocycles. The van der Waals surface area contributed by atoms with Crippen molar-refractivity contribution in [3.63, 3.8) is 0 Å². The molecule has 0 heterocycles. The van der Waals surface area contributed by atoms with Gasteiger partial charge >= 0.3 is 5.97 Å². The molecule has 1 fully saturated rings. The summed E-state index contributed by atoms with van der Waals surface area (Å²) in [6.45, 7) is -0.520. The number of halogens is 1. The molecule has 0 aliphatic heterocycles. The minimum Gasteiger partial charge on any atom is -0.455 e. The van der Waals surface area contributed by atoms with Gasteiger partial charge in [0.1, 0.15) is 0 Å². The van der Waals surface area contributed by atoms with Gasteiger partial charge in [0.15, 0.2) is 6.61 Å². The third kappa shape index (κ3) is 8.95. The Morgan fingerprint density at radius 1 is 0.931 bits per heavy atom. The zero-order valence-corrected chi connectivity index (χ0v) is 16.9. The number of hydrogen-bond acceptors (Lipinski definition) is 5. The second kappa shape index (κ2) is 12.1. The Balaban J connectivity index is 1.54. The van der Waals surface area contributed by atoms with Crippen LogP contribution >= 0.6 is 11.6 Å². The molecule has 1 aliphatic carbocycles. The average Bonchev–Trinajstić information content (AvgIpc) is 2.71. The van der Waals surface area contributed by atoms with Crippen LogP contribution in [0.2, 0.25) is 5.02 Å². The Kier molecular flexibility index (Phi) is 9.43. The normalized spacial score (nSPS) is 14.0. The minimum absolute atomic E-state index is 0.0441. The van der Waals surface area contributed by atoms with Gasteiger partial charge in [-0.15, -0.1) is 0 Å². The largest absolute Gasteiger partial charge is 0.455 e. The topological polar surface area (TPSA) is 114 Å². The second-order valence-corrected chi connectivity index (χ2v) is 7.36. The van der Waals surface area contributed by atoms with Crippen molar-refractivity contribution in [3.8, 4) is 0 Å². The summed E-state index contributed by atoms with van der Waals surface area (Å²) >= 11 is 5.74. The van der Waals surface area contributed by atoms with Gasteiger partial charge in [-0.2, -0.15) is 0 Å². The van der Waals surface area contributed by atoms with Crippen molar-refractivity contribution >= 4 is 35.3 Å². The molecule has 1 aliphatic rings. The van der Waals surface area contributed by atoms with Crippen LogP contribution in [0, 0.1) is 0 Å². The molecule has 3 N–H and O–H groups in total. The van der Waals surface area contributed by atoms with Crippen molar-refractivity contribution in [1.29, 1.82) is 0 Å². The number of carbonyl (C=O) groups is 4. The SMILES string of the molecule is O=C(COC(=O)CCCC(=O)NC1CCCCC1)NNC(=O)c1ccc(Cl)cc1. The number of ether oxygens (including phenoxy) is 1. The molecule has 1 aromatic carbocycles. The number of esters is 1. The van der Waals surface area contributed by atoms with Gasteiger partial charge in [-0.3, -0.25) is 30.0 Å². The van der Waals surface area contributed by atoms with Crippen molar-refractivity contribution in [1.82, 2.24) is 16.2 Å². The van der Waals surface area contributed by atoms with Gasteiger partial charge in [0.25, 0.3) is 11.8 Å². The standard InChI is InChI=1S/C20H26ClN3O5/c21-15-11-9-14(10-12-15)20(28)24-23-18(26)13-29-19(27)8-4-7-17(25)22-16-5-2-1-3-6-16/h9-12,16H,1-8,13H2,(H,22,25)(H,23,26)(H,24,28). The summed E-state index contributed by atoms with van der Waals surface area (Å²) in [5, 5.41) is 3.47. The molecule has 158 valence electrons. The first-order valence-corrected chi connectivity index (χ1v) is 10.1. The van der Waals surface area contributed by atoms with Gasteiger partial charge < -0.3 is 10.1 Å². The fourth-order valence-corrected chi connectivity index (χ4v) is 3.12. The van der Waals surface area contributed by atoms with E-state index in [0.29, 0.717) is 17.0 Å². The lowest BCUT2D eigenvalue weighted by atomic mass is 9.95. The highest BCUT2D eigenvalue weighted by atomic mass is 35.5. The molecule has 0 unspecified atom stereocenters. The second-order valence-electron chi connectivity index (χ2n) is 6.93. The number of amides is 3. The molecule has 1 saturated carbocycles. The van der Waals surface area contributed by atoms with Crippen LogP contribution in [0.4, 0.5) is 0 Å². The van der Waals surface area contributed by atoms with Crippen LogP contribution in [0.3, 0.4) is 0 Å². The van der Waals surface area contributed by atoms with Gasteiger partial charge in [-0.1, -0.05) is 30.9 Å². The van der Waals surface area contributed by atoms with E-state index in [4.69, 9.17) is 16.3 Å². The van der Waals surface area contributed by atoms with E-state index < -0.39 is 24.4 Å². The van der Waals surface area contributed by atoms with Crippen LogP contribution in [0.5, 0.6) is 0 Å². The predicted octanol–water partition coefficient (Wildman–Crippen LogP) is 2.26. The highest BCUT2D eigenvalue weighted by molar-refractivity contribution is 6.30. The van der Waals surface area contributed by atoms with Gasteiger partial charge in [-0.05, 0) is 43.5 Å². The van der Waals surface area contributed by atoms with Gasteiger partial charge in [0.2, 0.25) is 5.91 Å². The Labute approximate surface area is 174 Å². The average molecular weight is 424 g/mol. The Bertz CT molecular complexity index is 717. The zero-order chi connectivity index (χ0) is 21.1. The number of benzene rings is 1. The quantitative estimate of drug-likeness (QED) is 0.438. The van der Waals surface area contributed by atoms with Crippen LogP contribution in [-0.2, 0) is 19.1 Å². The summed E-state index contributed by atoms with van der Waals surface area (Å²) in [6.07, 6.45) is 6.16. The lowest BCUT2D eigenvalue weighted by molar-refractivity contribution is -0.148. The van der Waals surface area contributed by atoms with Crippen LogP contribution in [0.25, 0.3) is 0 Å². The first-order chi connectivity index (χ1) is 13.9. The van der Waals surface area contributed by atoms with Crippen molar-refractivity contribution in [2.75, 3.05) is 6.61 Å². The van der Waals surface area contributed by atoms with Crippen LogP contribution in [0.1, 0.15) is 61.7 Å². The summed E-state index contributed by atoms with van der Waals surface area (Å²) in [4.78, 5) is 47.0. The van der Waals surface area contributed by atoms with Crippen molar-refractivity contribution in [3.05, 3.63) is 34.9 Å². The number of carbonyl (C=O) groups excluding carboxylic acids is 4. The molecule has 1 aromatic rings. The maximum Gasteiger partial charge on any atom is 0.306 e. The van der Waals surface area contributed by atoms with E-state index in [1.807, 2.05) is 0 Å². The highest BCUT2D eigenvalue weighted by Crippen LogP contribution is 2.17. The number of nitrogens with one attached hydrogen (secondary N) is 3. The number of rotatable bonds is 8. The molecular weight excluding hydrogens is 398 g/mol. The minimum atomic E-state index is -0.671. The first kappa shape index (κ1) is 22.7. The summed E-state index contributed by atoms with van der Waals surface area (Å²) < 4.78 is 4.84. The summed E-state index contributed by atoms with van der Waals surface area (Å²) in [6, 6.07) is 6.36. The van der Waals surface area contributed by atoms with Crippen molar-refractivity contribution in [2.24, 2.45) is 0 Å². The van der Waals surface area contributed by atoms with E-state index in [-0.39, 0.29) is 24.8 Å². The fraction of sp³-hybridized carbons (Fsp3) is 0.500. The number of hydrogen-bond donors (Lipinski definition) is 3. The van der Waals surface area contributed by atoms with E-state index in [0.717, 1.165) is 25.7 Å². The van der Waals surface area contributed by atoms with Crippen molar-refractivity contribution in [2.45, 2.75) is 57.4 Å². The van der Waals surface area contributed by atoms with Gasteiger partial charge in [-0.25, -0.2) is 0 Å². The van der Waals surface area contributed by atoms with Crippen molar-refractivity contribution < 1.29 is 23.9 Å². The highest BCUT2D eigenvalue weighted by Gasteiger charge is 2.16. The molecule has 0 radical (unpaired) electrons. The Morgan fingerprint density at radius 2 is 1.62 bits per heavy atom. The van der Waals surface area contributed by atoms with E-state index in [9.17, 15) is 19.2 Å². The lowest BCUT2D eigenvalue weighted by Crippen LogP contribution is -2.43. The van der Waals surface area contributed by atoms with E-state index >= 15 is 0 Å². The van der Waals surface area contributed by atoms with E-state index in [1.54, 1.807) is 12.1 Å². The predicted molar refractivity (Wildman–Crippen MR) is 107 cm³/mol. The molecule has 3 amide bonds. The maximum atomic E-state index is 11.9. The molecule has 0 atom stereocenters. The smallest absolute Gasteiger partial charge is 0.306 e. The Morgan fingerprint density at radius 3 is 2.31 bits per heavy atom. The zero-order valence-electron chi connectivity index (χ0n) is 16.2. The molecule has 9 heteroatoms. The maximum absolute atomic E-state index is 11.9. The molecule has 0 spiro atoms. The summed E-state index contributed by atoms with van der Waals surface area (Å²) in [7, 11) is 0. The summed E-state index contributed by atoms with van der Waals surface area (Å²) in [5.41, 5.74) is 4.69. The monoisotopic (exact) mass is 423 g/mol.